The van der Waals surface area contributed by atoms with Crippen molar-refractivity contribution in [3.63, 3.8) is 0 Å². The van der Waals surface area contributed by atoms with Gasteiger partial charge < -0.3 is 4.90 Å². The van der Waals surface area contributed by atoms with E-state index < -0.39 is 11.9 Å². The van der Waals surface area contributed by atoms with E-state index >= 15 is 0 Å². The fourth-order valence-corrected chi connectivity index (χ4v) is 4.83. The molecule has 0 spiro atoms. The third kappa shape index (κ3) is 3.47. The van der Waals surface area contributed by atoms with E-state index in [1.165, 1.54) is 0 Å². The van der Waals surface area contributed by atoms with Crippen LogP contribution < -0.4 is 5.32 Å². The molecule has 2 heterocycles. The highest BCUT2D eigenvalue weighted by Gasteiger charge is 2.39. The minimum absolute atomic E-state index is 0.153. The van der Waals surface area contributed by atoms with E-state index in [0.717, 1.165) is 21.0 Å². The van der Waals surface area contributed by atoms with Crippen molar-refractivity contribution >= 4 is 41.1 Å². The first-order valence-electron chi connectivity index (χ1n) is 8.67. The average Bonchev–Trinajstić information content (AvgIpc) is 2.98. The van der Waals surface area contributed by atoms with Crippen molar-refractivity contribution in [3.05, 3.63) is 64.2 Å². The highest BCUT2D eigenvalue weighted by atomic mass is 35.5. The van der Waals surface area contributed by atoms with E-state index in [4.69, 9.17) is 11.6 Å². The number of nitrogens with one attached hydrogen (secondary N) is 1. The Labute approximate surface area is 166 Å². The topological polar surface area (TPSA) is 66.5 Å². The fourth-order valence-electron chi connectivity index (χ4n) is 3.46. The third-order valence-corrected chi connectivity index (χ3v) is 6.40. The summed E-state index contributed by atoms with van der Waals surface area (Å²) in [6.07, 6.45) is 0.622. The molecule has 0 radical (unpaired) electrons. The second-order valence-electron chi connectivity index (χ2n) is 6.56. The number of nitrogens with zero attached hydrogens (tertiary/aromatic N) is 1. The Morgan fingerprint density at radius 3 is 2.70 bits per heavy atom. The molecular formula is C20H17ClN2O3S. The van der Waals surface area contributed by atoms with Gasteiger partial charge in [0.05, 0.1) is 0 Å². The summed E-state index contributed by atoms with van der Waals surface area (Å²) in [6, 6.07) is 12.7. The molecule has 5 nitrogen and oxygen atoms in total. The number of rotatable bonds is 4. The number of hydrogen-bond donors (Lipinski definition) is 1. The van der Waals surface area contributed by atoms with Crippen LogP contribution >= 0.6 is 23.4 Å². The molecule has 138 valence electrons. The predicted octanol–water partition coefficient (Wildman–Crippen LogP) is 3.39. The Balaban J connectivity index is 1.55. The highest BCUT2D eigenvalue weighted by molar-refractivity contribution is 7.98. The summed E-state index contributed by atoms with van der Waals surface area (Å²) in [5.41, 5.74) is 2.60. The number of imide groups is 1. The molecule has 0 aromatic heterocycles. The van der Waals surface area contributed by atoms with Crippen molar-refractivity contribution in [3.8, 4) is 0 Å². The van der Waals surface area contributed by atoms with Crippen LogP contribution in [0.15, 0.2) is 47.4 Å². The summed E-state index contributed by atoms with van der Waals surface area (Å²) in [5, 5.41) is 3.05. The van der Waals surface area contributed by atoms with E-state index in [2.05, 4.69) is 5.32 Å². The Hall–Kier alpha value is -2.31. The number of fused-ring (bicyclic) bond motifs is 1. The fraction of sp³-hybridized carbons (Fsp3) is 0.250. The second-order valence-corrected chi connectivity index (χ2v) is 7.99. The van der Waals surface area contributed by atoms with Crippen LogP contribution in [0.3, 0.4) is 0 Å². The average molecular weight is 401 g/mol. The van der Waals surface area contributed by atoms with Crippen molar-refractivity contribution in [2.24, 2.45) is 0 Å². The number of carbonyl (C=O) groups is 3. The van der Waals surface area contributed by atoms with Gasteiger partial charge in [0.1, 0.15) is 6.04 Å². The van der Waals surface area contributed by atoms with Crippen molar-refractivity contribution < 1.29 is 14.4 Å². The molecule has 0 saturated carbocycles. The van der Waals surface area contributed by atoms with Crippen LogP contribution in [-0.2, 0) is 21.9 Å². The lowest BCUT2D eigenvalue weighted by atomic mass is 10.0. The monoisotopic (exact) mass is 400 g/mol. The smallest absolute Gasteiger partial charge is 0.255 e. The molecule has 1 fully saturated rings. The molecule has 2 aromatic rings. The number of carbonyl (C=O) groups excluding carboxylic acids is 3. The van der Waals surface area contributed by atoms with Crippen molar-refractivity contribution in [1.82, 2.24) is 10.2 Å². The number of halogens is 1. The molecule has 0 bridgehead atoms. The summed E-state index contributed by atoms with van der Waals surface area (Å²) < 4.78 is 0. The number of benzene rings is 2. The standard InChI is InChI=1S/C20H17ClN2O3S/c21-15-6-2-1-4-12(15)11-27-17-7-3-5-13-14(17)10-23(20(13)26)16-8-9-18(24)22-19(16)25/h1-7,16H,8-11H2,(H,22,24,25). The molecule has 2 aliphatic rings. The van der Waals surface area contributed by atoms with E-state index in [-0.39, 0.29) is 18.2 Å². The lowest BCUT2D eigenvalue weighted by molar-refractivity contribution is -0.136. The Morgan fingerprint density at radius 2 is 1.93 bits per heavy atom. The van der Waals surface area contributed by atoms with Gasteiger partial charge in [-0.2, -0.15) is 0 Å². The van der Waals surface area contributed by atoms with Crippen LogP contribution in [0, 0.1) is 0 Å². The molecule has 2 aromatic carbocycles. The second kappa shape index (κ2) is 7.37. The Morgan fingerprint density at radius 1 is 1.11 bits per heavy atom. The van der Waals surface area contributed by atoms with Crippen molar-refractivity contribution in [1.29, 1.82) is 0 Å². The maximum absolute atomic E-state index is 12.8. The first kappa shape index (κ1) is 18.1. The molecule has 1 atom stereocenters. The van der Waals surface area contributed by atoms with Gasteiger partial charge in [-0.15, -0.1) is 11.8 Å². The molecule has 4 rings (SSSR count). The van der Waals surface area contributed by atoms with Gasteiger partial charge in [0.15, 0.2) is 0 Å². The molecule has 1 saturated heterocycles. The van der Waals surface area contributed by atoms with Gasteiger partial charge in [-0.1, -0.05) is 35.9 Å². The van der Waals surface area contributed by atoms with Gasteiger partial charge in [-0.25, -0.2) is 0 Å². The van der Waals surface area contributed by atoms with Gasteiger partial charge in [-0.05, 0) is 35.7 Å². The maximum atomic E-state index is 12.8. The van der Waals surface area contributed by atoms with Gasteiger partial charge in [0, 0.05) is 34.2 Å². The molecule has 1 N–H and O–H groups in total. The minimum atomic E-state index is -0.594. The first-order valence-corrected chi connectivity index (χ1v) is 10.0. The molecule has 3 amide bonds. The number of piperidine rings is 1. The van der Waals surface area contributed by atoms with Crippen LogP contribution in [-0.4, -0.2) is 28.7 Å². The lowest BCUT2D eigenvalue weighted by Gasteiger charge is -2.29. The number of amides is 3. The summed E-state index contributed by atoms with van der Waals surface area (Å²) >= 11 is 7.86. The zero-order valence-corrected chi connectivity index (χ0v) is 16.0. The predicted molar refractivity (Wildman–Crippen MR) is 104 cm³/mol. The third-order valence-electron chi connectivity index (χ3n) is 4.88. The van der Waals surface area contributed by atoms with Crippen molar-refractivity contribution in [2.75, 3.05) is 0 Å². The van der Waals surface area contributed by atoms with Crippen LogP contribution in [0.5, 0.6) is 0 Å². The van der Waals surface area contributed by atoms with Crippen LogP contribution in [0.4, 0.5) is 0 Å². The Bertz CT molecular complexity index is 947. The summed E-state index contributed by atoms with van der Waals surface area (Å²) in [5.74, 6) is -0.128. The van der Waals surface area contributed by atoms with E-state index in [1.807, 2.05) is 36.4 Å². The van der Waals surface area contributed by atoms with Crippen LogP contribution in [0.25, 0.3) is 0 Å². The summed E-state index contributed by atoms with van der Waals surface area (Å²) in [4.78, 5) is 39.0. The summed E-state index contributed by atoms with van der Waals surface area (Å²) in [6.45, 7) is 0.381. The quantitative estimate of drug-likeness (QED) is 0.631. The molecular weight excluding hydrogens is 384 g/mol. The van der Waals surface area contributed by atoms with E-state index in [9.17, 15) is 14.4 Å². The normalized spacial score (nSPS) is 19.2. The molecule has 27 heavy (non-hydrogen) atoms. The maximum Gasteiger partial charge on any atom is 0.255 e. The highest BCUT2D eigenvalue weighted by Crippen LogP contribution is 2.36. The SMILES string of the molecule is O=C1CCC(N2Cc3c(SCc4ccccc4Cl)cccc3C2=O)C(=O)N1. The van der Waals surface area contributed by atoms with Gasteiger partial charge in [-0.3, -0.25) is 19.7 Å². The molecule has 7 heteroatoms. The van der Waals surface area contributed by atoms with Crippen LogP contribution in [0.1, 0.15) is 34.3 Å². The van der Waals surface area contributed by atoms with Gasteiger partial charge in [0.25, 0.3) is 5.91 Å². The van der Waals surface area contributed by atoms with Gasteiger partial charge >= 0.3 is 0 Å². The van der Waals surface area contributed by atoms with E-state index in [1.54, 1.807) is 22.7 Å². The minimum Gasteiger partial charge on any atom is -0.322 e. The zero-order chi connectivity index (χ0) is 19.0. The zero-order valence-electron chi connectivity index (χ0n) is 14.4. The molecule has 2 aliphatic heterocycles. The largest absolute Gasteiger partial charge is 0.322 e. The summed E-state index contributed by atoms with van der Waals surface area (Å²) in [7, 11) is 0. The van der Waals surface area contributed by atoms with E-state index in [0.29, 0.717) is 24.3 Å². The first-order chi connectivity index (χ1) is 13.0. The van der Waals surface area contributed by atoms with Crippen molar-refractivity contribution in [2.45, 2.75) is 36.1 Å². The molecule has 0 aliphatic carbocycles. The molecule has 1 unspecified atom stereocenters. The Kier molecular flexibility index (Phi) is 4.93. The number of thioether (sulfide) groups is 1. The van der Waals surface area contributed by atoms with Crippen LogP contribution in [0.2, 0.25) is 5.02 Å². The number of hydrogen-bond acceptors (Lipinski definition) is 4. The van der Waals surface area contributed by atoms with Gasteiger partial charge in [0.2, 0.25) is 11.8 Å². The lowest BCUT2D eigenvalue weighted by Crippen LogP contribution is -2.52.